The van der Waals surface area contributed by atoms with Gasteiger partial charge in [-0.2, -0.15) is 0 Å². The average molecular weight is 212 g/mol. The predicted octanol–water partition coefficient (Wildman–Crippen LogP) is 1.37. The van der Waals surface area contributed by atoms with Crippen molar-refractivity contribution in [2.75, 3.05) is 26.2 Å². The fraction of sp³-hybridized carbons (Fsp3) is 1.00. The molecule has 2 saturated heterocycles. The van der Waals surface area contributed by atoms with Gasteiger partial charge in [0.05, 0.1) is 6.10 Å². The van der Waals surface area contributed by atoms with Crippen LogP contribution in [0.25, 0.3) is 0 Å². The fourth-order valence-corrected chi connectivity index (χ4v) is 2.91. The first-order valence-electron chi connectivity index (χ1n) is 6.47. The number of hydrogen-bond donors (Lipinski definition) is 1. The molecule has 0 aliphatic carbocycles. The van der Waals surface area contributed by atoms with E-state index in [4.69, 9.17) is 10.5 Å². The Hall–Kier alpha value is -0.120. The Morgan fingerprint density at radius 2 is 2.00 bits per heavy atom. The molecule has 2 atom stereocenters. The normalized spacial score (nSPS) is 33.4. The highest BCUT2D eigenvalue weighted by Crippen LogP contribution is 2.25. The molecule has 0 aromatic heterocycles. The standard InChI is InChI=1S/C12H24N2O/c13-7-3-6-12-11(5-4-10-15-12)14-8-1-2-9-14/h11-12H,1-10,13H2. The number of likely N-dealkylation sites (tertiary alicyclic amines) is 1. The fourth-order valence-electron chi connectivity index (χ4n) is 2.91. The van der Waals surface area contributed by atoms with Crippen LogP contribution in [-0.4, -0.2) is 43.3 Å². The summed E-state index contributed by atoms with van der Waals surface area (Å²) in [7, 11) is 0. The molecule has 0 aromatic carbocycles. The van der Waals surface area contributed by atoms with Crippen LogP contribution in [0, 0.1) is 0 Å². The molecule has 0 aromatic rings. The Morgan fingerprint density at radius 1 is 1.20 bits per heavy atom. The number of ether oxygens (including phenoxy) is 1. The van der Waals surface area contributed by atoms with Crippen molar-refractivity contribution < 1.29 is 4.74 Å². The third-order valence-electron chi connectivity index (χ3n) is 3.71. The van der Waals surface area contributed by atoms with Crippen LogP contribution < -0.4 is 5.73 Å². The smallest absolute Gasteiger partial charge is 0.0730 e. The van der Waals surface area contributed by atoms with Gasteiger partial charge in [-0.1, -0.05) is 0 Å². The van der Waals surface area contributed by atoms with Gasteiger partial charge in [-0.05, 0) is 58.2 Å². The first-order valence-corrected chi connectivity index (χ1v) is 6.47. The second-order valence-corrected chi connectivity index (χ2v) is 4.79. The van der Waals surface area contributed by atoms with E-state index >= 15 is 0 Å². The van der Waals surface area contributed by atoms with E-state index in [0.717, 1.165) is 26.0 Å². The van der Waals surface area contributed by atoms with E-state index in [0.29, 0.717) is 12.1 Å². The minimum atomic E-state index is 0.459. The van der Waals surface area contributed by atoms with Gasteiger partial charge < -0.3 is 10.5 Å². The molecule has 0 spiro atoms. The molecular weight excluding hydrogens is 188 g/mol. The zero-order chi connectivity index (χ0) is 10.5. The van der Waals surface area contributed by atoms with E-state index in [9.17, 15) is 0 Å². The molecular formula is C12H24N2O. The summed E-state index contributed by atoms with van der Waals surface area (Å²) in [5.41, 5.74) is 5.58. The monoisotopic (exact) mass is 212 g/mol. The summed E-state index contributed by atoms with van der Waals surface area (Å²) < 4.78 is 5.91. The maximum Gasteiger partial charge on any atom is 0.0730 e. The van der Waals surface area contributed by atoms with Gasteiger partial charge in [-0.25, -0.2) is 0 Å². The Kier molecular flexibility index (Phi) is 4.42. The number of nitrogens with two attached hydrogens (primary N) is 1. The Morgan fingerprint density at radius 3 is 2.73 bits per heavy atom. The molecule has 0 radical (unpaired) electrons. The topological polar surface area (TPSA) is 38.5 Å². The largest absolute Gasteiger partial charge is 0.377 e. The van der Waals surface area contributed by atoms with Gasteiger partial charge in [0.15, 0.2) is 0 Å². The van der Waals surface area contributed by atoms with Crippen LogP contribution in [0.3, 0.4) is 0 Å². The van der Waals surface area contributed by atoms with Crippen LogP contribution in [0.2, 0.25) is 0 Å². The first-order chi connectivity index (χ1) is 7.42. The van der Waals surface area contributed by atoms with Gasteiger partial charge in [0.2, 0.25) is 0 Å². The molecule has 2 aliphatic heterocycles. The zero-order valence-corrected chi connectivity index (χ0v) is 9.66. The zero-order valence-electron chi connectivity index (χ0n) is 9.66. The molecule has 2 fully saturated rings. The lowest BCUT2D eigenvalue weighted by Gasteiger charge is -2.37. The molecule has 2 heterocycles. The number of nitrogens with zero attached hydrogens (tertiary/aromatic N) is 1. The molecule has 2 aliphatic rings. The van der Waals surface area contributed by atoms with Crippen molar-refractivity contribution >= 4 is 0 Å². The maximum absolute atomic E-state index is 5.91. The summed E-state index contributed by atoms with van der Waals surface area (Å²) >= 11 is 0. The summed E-state index contributed by atoms with van der Waals surface area (Å²) in [5, 5.41) is 0. The van der Waals surface area contributed by atoms with Gasteiger partial charge in [-0.15, -0.1) is 0 Å². The van der Waals surface area contributed by atoms with Crippen molar-refractivity contribution in [2.45, 2.75) is 50.7 Å². The lowest BCUT2D eigenvalue weighted by atomic mass is 9.97. The summed E-state index contributed by atoms with van der Waals surface area (Å²) in [6, 6.07) is 0.688. The third kappa shape index (κ3) is 2.92. The van der Waals surface area contributed by atoms with E-state index in [2.05, 4.69) is 4.90 Å². The van der Waals surface area contributed by atoms with Crippen LogP contribution >= 0.6 is 0 Å². The summed E-state index contributed by atoms with van der Waals surface area (Å²) in [6.07, 6.45) is 8.03. The number of hydrogen-bond acceptors (Lipinski definition) is 3. The van der Waals surface area contributed by atoms with E-state index in [1.54, 1.807) is 0 Å². The molecule has 88 valence electrons. The molecule has 3 nitrogen and oxygen atoms in total. The highest BCUT2D eigenvalue weighted by molar-refractivity contribution is 4.85. The van der Waals surface area contributed by atoms with Crippen molar-refractivity contribution in [3.8, 4) is 0 Å². The molecule has 2 N–H and O–H groups in total. The summed E-state index contributed by atoms with van der Waals surface area (Å²) in [4.78, 5) is 2.64. The molecule has 0 saturated carbocycles. The summed E-state index contributed by atoms with van der Waals surface area (Å²) in [5.74, 6) is 0. The first kappa shape index (κ1) is 11.4. The van der Waals surface area contributed by atoms with E-state index in [1.165, 1.54) is 38.8 Å². The van der Waals surface area contributed by atoms with Gasteiger partial charge in [-0.3, -0.25) is 4.90 Å². The van der Waals surface area contributed by atoms with Crippen molar-refractivity contribution in [1.29, 1.82) is 0 Å². The quantitative estimate of drug-likeness (QED) is 0.765. The lowest BCUT2D eigenvalue weighted by Crippen LogP contribution is -2.46. The van der Waals surface area contributed by atoms with E-state index < -0.39 is 0 Å². The molecule has 0 bridgehead atoms. The molecule has 2 rings (SSSR count). The third-order valence-corrected chi connectivity index (χ3v) is 3.71. The highest BCUT2D eigenvalue weighted by atomic mass is 16.5. The minimum Gasteiger partial charge on any atom is -0.377 e. The Labute approximate surface area is 93.0 Å². The van der Waals surface area contributed by atoms with Crippen LogP contribution in [0.4, 0.5) is 0 Å². The second kappa shape index (κ2) is 5.83. The molecule has 0 amide bonds. The van der Waals surface area contributed by atoms with Crippen LogP contribution in [-0.2, 0) is 4.74 Å². The van der Waals surface area contributed by atoms with Crippen LogP contribution in [0.5, 0.6) is 0 Å². The maximum atomic E-state index is 5.91. The van der Waals surface area contributed by atoms with Gasteiger partial charge in [0.1, 0.15) is 0 Å². The number of rotatable bonds is 4. The van der Waals surface area contributed by atoms with Crippen molar-refractivity contribution in [3.05, 3.63) is 0 Å². The van der Waals surface area contributed by atoms with E-state index in [-0.39, 0.29) is 0 Å². The minimum absolute atomic E-state index is 0.459. The highest BCUT2D eigenvalue weighted by Gasteiger charge is 2.31. The van der Waals surface area contributed by atoms with Gasteiger partial charge in [0, 0.05) is 12.6 Å². The van der Waals surface area contributed by atoms with E-state index in [1.807, 2.05) is 0 Å². The SMILES string of the molecule is NCCCC1OCCCC1N1CCCC1. The molecule has 3 heteroatoms. The lowest BCUT2D eigenvalue weighted by molar-refractivity contribution is -0.0492. The molecule has 2 unspecified atom stereocenters. The predicted molar refractivity (Wildman–Crippen MR) is 61.9 cm³/mol. The Balaban J connectivity index is 1.86. The van der Waals surface area contributed by atoms with Crippen molar-refractivity contribution in [1.82, 2.24) is 4.90 Å². The second-order valence-electron chi connectivity index (χ2n) is 4.79. The Bertz CT molecular complexity index is 180. The van der Waals surface area contributed by atoms with Crippen molar-refractivity contribution in [3.63, 3.8) is 0 Å². The van der Waals surface area contributed by atoms with Crippen LogP contribution in [0.1, 0.15) is 38.5 Å². The van der Waals surface area contributed by atoms with Gasteiger partial charge >= 0.3 is 0 Å². The van der Waals surface area contributed by atoms with Gasteiger partial charge in [0.25, 0.3) is 0 Å². The molecule has 15 heavy (non-hydrogen) atoms. The average Bonchev–Trinajstić information content (AvgIpc) is 2.80. The van der Waals surface area contributed by atoms with Crippen molar-refractivity contribution in [2.24, 2.45) is 5.73 Å². The van der Waals surface area contributed by atoms with Crippen LogP contribution in [0.15, 0.2) is 0 Å². The summed E-state index contributed by atoms with van der Waals surface area (Å²) in [6.45, 7) is 4.33.